The number of hydrogen-bond acceptors (Lipinski definition) is 11. The Labute approximate surface area is 173 Å². The summed E-state index contributed by atoms with van der Waals surface area (Å²) in [4.78, 5) is 12.4. The summed E-state index contributed by atoms with van der Waals surface area (Å²) in [6.45, 7) is -0.547. The molecule has 1 fully saturated rings. The van der Waals surface area contributed by atoms with Crippen LogP contribution in [0.25, 0.3) is 22.3 Å². The maximum Gasteiger partial charge on any atom is 0.238 e. The van der Waals surface area contributed by atoms with E-state index in [1.807, 2.05) is 0 Å². The minimum absolute atomic E-state index is 0.0605. The van der Waals surface area contributed by atoms with Gasteiger partial charge in [-0.1, -0.05) is 0 Å². The Hall–Kier alpha value is -3.51. The molecule has 164 valence electrons. The molecular weight excluding hydrogens is 416 g/mol. The Balaban J connectivity index is 1.69. The van der Waals surface area contributed by atoms with Gasteiger partial charge < -0.3 is 49.6 Å². The van der Waals surface area contributed by atoms with Gasteiger partial charge in [0.25, 0.3) is 0 Å². The molecule has 1 aromatic heterocycles. The van der Waals surface area contributed by atoms with Crippen molar-refractivity contribution in [3.05, 3.63) is 40.6 Å². The average Bonchev–Trinajstić information content (AvgIpc) is 2.99. The van der Waals surface area contributed by atoms with Crippen LogP contribution in [0.5, 0.6) is 28.7 Å². The Morgan fingerprint density at radius 1 is 0.968 bits per heavy atom. The summed E-state index contributed by atoms with van der Waals surface area (Å²) in [5.41, 5.74) is -1.08. The third-order valence-electron chi connectivity index (χ3n) is 4.90. The number of aromatic hydroxyl groups is 4. The van der Waals surface area contributed by atoms with E-state index in [9.17, 15) is 35.4 Å². The van der Waals surface area contributed by atoms with Crippen molar-refractivity contribution in [3.63, 3.8) is 0 Å². The van der Waals surface area contributed by atoms with E-state index in [1.165, 1.54) is 12.1 Å². The lowest BCUT2D eigenvalue weighted by molar-refractivity contribution is -0.117. The van der Waals surface area contributed by atoms with Gasteiger partial charge in [-0.05, 0) is 18.2 Å². The van der Waals surface area contributed by atoms with Crippen molar-refractivity contribution in [2.75, 3.05) is 6.61 Å². The summed E-state index contributed by atoms with van der Waals surface area (Å²) in [5, 5.41) is 68.5. The van der Waals surface area contributed by atoms with Crippen LogP contribution < -0.4 is 10.2 Å². The van der Waals surface area contributed by atoms with Crippen molar-refractivity contribution in [2.24, 2.45) is 0 Å². The summed E-state index contributed by atoms with van der Waals surface area (Å²) in [7, 11) is 0. The zero-order valence-electron chi connectivity index (χ0n) is 15.7. The molecule has 1 aliphatic heterocycles. The first kappa shape index (κ1) is 20.8. The predicted octanol–water partition coefficient (Wildman–Crippen LogP) is 0.100. The average molecular weight is 434 g/mol. The van der Waals surface area contributed by atoms with Crippen LogP contribution in [0.1, 0.15) is 0 Å². The van der Waals surface area contributed by atoms with E-state index in [0.717, 1.165) is 18.2 Å². The molecule has 2 heterocycles. The number of aliphatic hydroxyl groups excluding tert-OH is 3. The lowest BCUT2D eigenvalue weighted by Crippen LogP contribution is -2.35. The van der Waals surface area contributed by atoms with E-state index in [0.29, 0.717) is 0 Å². The van der Waals surface area contributed by atoms with E-state index < -0.39 is 53.9 Å². The molecule has 4 rings (SSSR count). The number of phenols is 3. The maximum atomic E-state index is 12.4. The van der Waals surface area contributed by atoms with Crippen molar-refractivity contribution in [3.8, 4) is 40.1 Å². The van der Waals surface area contributed by atoms with Crippen molar-refractivity contribution in [1.82, 2.24) is 0 Å². The summed E-state index contributed by atoms with van der Waals surface area (Å²) < 4.78 is 16.0. The van der Waals surface area contributed by atoms with E-state index in [2.05, 4.69) is 0 Å². The number of ether oxygens (including phenoxy) is 2. The fraction of sp³-hybridized carbons (Fsp3) is 0.250. The lowest BCUT2D eigenvalue weighted by atomic mass is 10.1. The van der Waals surface area contributed by atoms with Crippen molar-refractivity contribution in [2.45, 2.75) is 24.6 Å². The van der Waals surface area contributed by atoms with Crippen LogP contribution in [0.2, 0.25) is 0 Å². The van der Waals surface area contributed by atoms with Crippen LogP contribution in [-0.4, -0.2) is 67.0 Å². The van der Waals surface area contributed by atoms with Crippen LogP contribution in [0.3, 0.4) is 0 Å². The summed E-state index contributed by atoms with van der Waals surface area (Å²) in [5.74, 6) is -2.74. The highest BCUT2D eigenvalue weighted by Crippen LogP contribution is 2.39. The molecule has 0 bridgehead atoms. The molecule has 0 saturated carbocycles. The number of hydrogen-bond donors (Lipinski definition) is 7. The molecule has 0 unspecified atom stereocenters. The number of phenolic OH excluding ortho intramolecular Hbond substituents is 3. The van der Waals surface area contributed by atoms with Crippen molar-refractivity contribution < 1.29 is 49.6 Å². The largest absolute Gasteiger partial charge is 0.508 e. The Kier molecular flexibility index (Phi) is 5.11. The highest BCUT2D eigenvalue weighted by Gasteiger charge is 2.44. The van der Waals surface area contributed by atoms with E-state index in [-0.39, 0.29) is 33.8 Å². The third kappa shape index (κ3) is 3.49. The van der Waals surface area contributed by atoms with E-state index in [4.69, 9.17) is 19.0 Å². The molecular formula is C20H18O11. The fourth-order valence-electron chi connectivity index (χ4n) is 3.32. The smallest absolute Gasteiger partial charge is 0.238 e. The number of benzene rings is 2. The van der Waals surface area contributed by atoms with Gasteiger partial charge in [-0.3, -0.25) is 4.79 Å². The quantitative estimate of drug-likeness (QED) is 0.295. The molecule has 11 nitrogen and oxygen atoms in total. The van der Waals surface area contributed by atoms with Gasteiger partial charge in [0.15, 0.2) is 17.3 Å². The molecule has 0 aliphatic carbocycles. The lowest BCUT2D eigenvalue weighted by Gasteiger charge is -2.18. The SMILES string of the molecule is O=c1c(O)c(-c2ccc(O[C@@H]3O[C@@H](CO)[C@H](O)[C@H]3O)c(O)c2)oc2cc(O)cc(O)c12. The molecule has 0 amide bonds. The van der Waals surface area contributed by atoms with Gasteiger partial charge >= 0.3 is 0 Å². The highest BCUT2D eigenvalue weighted by molar-refractivity contribution is 5.88. The van der Waals surface area contributed by atoms with Crippen LogP contribution in [0.15, 0.2) is 39.5 Å². The Bertz CT molecular complexity index is 1200. The monoisotopic (exact) mass is 434 g/mol. The maximum absolute atomic E-state index is 12.4. The Morgan fingerprint density at radius 2 is 1.71 bits per heavy atom. The highest BCUT2D eigenvalue weighted by atomic mass is 16.7. The predicted molar refractivity (Wildman–Crippen MR) is 103 cm³/mol. The normalized spacial score (nSPS) is 23.3. The number of fused-ring (bicyclic) bond motifs is 1. The molecule has 11 heteroatoms. The van der Waals surface area contributed by atoms with Crippen molar-refractivity contribution >= 4 is 11.0 Å². The first-order chi connectivity index (χ1) is 14.7. The second-order valence-corrected chi connectivity index (χ2v) is 6.95. The number of aliphatic hydroxyl groups is 3. The molecule has 1 saturated heterocycles. The van der Waals surface area contributed by atoms with Crippen LogP contribution in [0, 0.1) is 0 Å². The molecule has 1 aliphatic rings. The molecule has 2 aromatic carbocycles. The second kappa shape index (κ2) is 7.63. The Morgan fingerprint density at radius 3 is 2.35 bits per heavy atom. The van der Waals surface area contributed by atoms with Crippen molar-refractivity contribution in [1.29, 1.82) is 0 Å². The second-order valence-electron chi connectivity index (χ2n) is 6.95. The van der Waals surface area contributed by atoms with Gasteiger partial charge in [-0.25, -0.2) is 0 Å². The van der Waals surface area contributed by atoms with Gasteiger partial charge in [-0.15, -0.1) is 0 Å². The molecule has 4 atom stereocenters. The molecule has 0 radical (unpaired) electrons. The van der Waals surface area contributed by atoms with E-state index >= 15 is 0 Å². The number of rotatable bonds is 4. The van der Waals surface area contributed by atoms with Gasteiger partial charge in [0.2, 0.25) is 17.5 Å². The minimum atomic E-state index is -1.47. The molecule has 3 aromatic rings. The topological polar surface area (TPSA) is 190 Å². The van der Waals surface area contributed by atoms with Gasteiger partial charge in [0.1, 0.15) is 40.8 Å². The summed E-state index contributed by atoms with van der Waals surface area (Å²) >= 11 is 0. The van der Waals surface area contributed by atoms with Crippen LogP contribution in [0.4, 0.5) is 0 Å². The van der Waals surface area contributed by atoms with Crippen LogP contribution in [-0.2, 0) is 4.74 Å². The van der Waals surface area contributed by atoms with Crippen LogP contribution >= 0.6 is 0 Å². The standard InChI is InChI=1S/C20H18O11/c21-6-13-15(25)18(28)20(31-13)30-11-2-1-7(3-9(11)23)19-17(27)16(26)14-10(24)4-8(22)5-12(14)29-19/h1-5,13,15,18,20-25,27-28H,6H2/t13-,15-,18+,20+/m0/s1. The minimum Gasteiger partial charge on any atom is -0.508 e. The van der Waals surface area contributed by atoms with Gasteiger partial charge in [-0.2, -0.15) is 0 Å². The summed E-state index contributed by atoms with van der Waals surface area (Å²) in [6, 6.07) is 5.67. The zero-order chi connectivity index (χ0) is 22.4. The molecule has 7 N–H and O–H groups in total. The molecule has 31 heavy (non-hydrogen) atoms. The van der Waals surface area contributed by atoms with E-state index in [1.54, 1.807) is 0 Å². The van der Waals surface area contributed by atoms with Gasteiger partial charge in [0.05, 0.1) is 6.61 Å². The zero-order valence-corrected chi connectivity index (χ0v) is 15.7. The van der Waals surface area contributed by atoms with Gasteiger partial charge in [0, 0.05) is 17.7 Å². The fourth-order valence-corrected chi connectivity index (χ4v) is 3.32. The third-order valence-corrected chi connectivity index (χ3v) is 4.90. The first-order valence-corrected chi connectivity index (χ1v) is 9.05. The summed E-state index contributed by atoms with van der Waals surface area (Å²) in [6.07, 6.45) is -5.27. The molecule has 0 spiro atoms. The first-order valence-electron chi connectivity index (χ1n) is 9.05.